The summed E-state index contributed by atoms with van der Waals surface area (Å²) in [5, 5.41) is -0.0813. The number of amides is 1. The molecule has 0 heterocycles. The molecule has 0 radical (unpaired) electrons. The summed E-state index contributed by atoms with van der Waals surface area (Å²) in [5.41, 5.74) is 11.4. The fourth-order valence-electron chi connectivity index (χ4n) is 2.92. The van der Waals surface area contributed by atoms with Crippen LogP contribution >= 0.6 is 0 Å². The number of hydrogen-bond acceptors (Lipinski definition) is 2. The van der Waals surface area contributed by atoms with Gasteiger partial charge in [0.15, 0.2) is 5.76 Å². The van der Waals surface area contributed by atoms with Gasteiger partial charge in [0.2, 0.25) is 0 Å². The summed E-state index contributed by atoms with van der Waals surface area (Å²) in [7, 11) is -0.553. The van der Waals surface area contributed by atoms with Gasteiger partial charge in [-0.3, -0.25) is 4.79 Å². The molecule has 0 aromatic heterocycles. The van der Waals surface area contributed by atoms with E-state index in [-0.39, 0.29) is 22.6 Å². The Bertz CT molecular complexity index is 904. The summed E-state index contributed by atoms with van der Waals surface area (Å²) in [6.07, 6.45) is 0. The first-order valence-corrected chi connectivity index (χ1v) is 12.9. The smallest absolute Gasteiger partial charge is 0.418 e. The van der Waals surface area contributed by atoms with Crippen LogP contribution in [0.25, 0.3) is 5.53 Å². The molecule has 0 aliphatic rings. The van der Waals surface area contributed by atoms with Gasteiger partial charge in [0.25, 0.3) is 8.32 Å². The fourth-order valence-corrected chi connectivity index (χ4v) is 3.94. The zero-order valence-corrected chi connectivity index (χ0v) is 19.7. The third-order valence-corrected chi connectivity index (χ3v) is 10.1. The molecule has 158 valence electrons. The van der Waals surface area contributed by atoms with Crippen LogP contribution < -0.4 is 0 Å². The monoisotopic (exact) mass is 421 g/mol. The molecule has 0 atom stereocenters. The van der Waals surface area contributed by atoms with Gasteiger partial charge in [-0.05, 0) is 35.8 Å². The first-order valence-electron chi connectivity index (χ1n) is 9.97. The molecule has 6 heteroatoms. The molecular weight excluding hydrogens is 390 g/mol. The number of benzene rings is 2. The highest BCUT2D eigenvalue weighted by atomic mass is 28.4. The van der Waals surface area contributed by atoms with Crippen LogP contribution in [0.2, 0.25) is 18.1 Å². The normalized spacial score (nSPS) is 11.6. The molecule has 5 nitrogen and oxygen atoms in total. The largest absolute Gasteiger partial charge is 0.538 e. The Morgan fingerprint density at radius 3 is 1.83 bits per heavy atom. The third kappa shape index (κ3) is 5.15. The Hall–Kier alpha value is -2.95. The van der Waals surface area contributed by atoms with Gasteiger partial charge in [0.1, 0.15) is 0 Å². The molecule has 30 heavy (non-hydrogen) atoms. The molecule has 0 fully saturated rings. The maximum absolute atomic E-state index is 13.3. The predicted octanol–water partition coefficient (Wildman–Crippen LogP) is 5.44. The Labute approximate surface area is 180 Å². The Balaban J connectivity index is 2.38. The van der Waals surface area contributed by atoms with Crippen LogP contribution in [0.1, 0.15) is 37.9 Å². The van der Waals surface area contributed by atoms with Crippen molar-refractivity contribution in [1.82, 2.24) is 4.90 Å². The van der Waals surface area contributed by atoms with E-state index in [1.165, 1.54) is 0 Å². The van der Waals surface area contributed by atoms with Crippen molar-refractivity contribution in [2.75, 3.05) is 7.05 Å². The fraction of sp³-hybridized carbons (Fsp3) is 0.333. The summed E-state index contributed by atoms with van der Waals surface area (Å²) >= 11 is 0. The van der Waals surface area contributed by atoms with Crippen molar-refractivity contribution in [3.05, 3.63) is 89.7 Å². The van der Waals surface area contributed by atoms with Crippen LogP contribution in [-0.4, -0.2) is 36.7 Å². The van der Waals surface area contributed by atoms with E-state index in [1.807, 2.05) is 60.7 Å². The van der Waals surface area contributed by atoms with Crippen LogP contribution in [0.5, 0.6) is 0 Å². The Morgan fingerprint density at radius 2 is 1.47 bits per heavy atom. The molecule has 0 aliphatic heterocycles. The Morgan fingerprint density at radius 1 is 1.03 bits per heavy atom. The third-order valence-electron chi connectivity index (χ3n) is 5.69. The lowest BCUT2D eigenvalue weighted by Crippen LogP contribution is -2.44. The highest BCUT2D eigenvalue weighted by Gasteiger charge is 2.42. The number of carbonyl (C=O) groups excluding carboxylic acids is 1. The molecule has 2 aromatic rings. The molecular formula is C24H31N3O2Si. The van der Waals surface area contributed by atoms with E-state index in [0.29, 0.717) is 0 Å². The van der Waals surface area contributed by atoms with Gasteiger partial charge in [0.05, 0.1) is 6.04 Å². The minimum Gasteiger partial charge on any atom is -0.538 e. The minimum atomic E-state index is -2.24. The second-order valence-electron chi connectivity index (χ2n) is 8.87. The number of hydrogen-bond donors (Lipinski definition) is 0. The zero-order chi connectivity index (χ0) is 22.5. The lowest BCUT2D eigenvalue weighted by Gasteiger charge is -2.36. The van der Waals surface area contributed by atoms with Crippen LogP contribution in [-0.2, 0) is 9.22 Å². The minimum absolute atomic E-state index is 0.0813. The van der Waals surface area contributed by atoms with E-state index in [4.69, 9.17) is 4.43 Å². The average molecular weight is 422 g/mol. The van der Waals surface area contributed by atoms with E-state index in [0.717, 1.165) is 11.1 Å². The maximum Gasteiger partial charge on any atom is 0.418 e. The highest BCUT2D eigenvalue weighted by molar-refractivity contribution is 6.74. The van der Waals surface area contributed by atoms with Gasteiger partial charge >= 0.3 is 11.6 Å². The molecule has 2 rings (SSSR count). The summed E-state index contributed by atoms with van der Waals surface area (Å²) in [4.78, 5) is 18.2. The lowest BCUT2D eigenvalue weighted by atomic mass is 9.97. The molecule has 0 bridgehead atoms. The first-order chi connectivity index (χ1) is 14.0. The van der Waals surface area contributed by atoms with Crippen LogP contribution in [0.3, 0.4) is 0 Å². The van der Waals surface area contributed by atoms with Gasteiger partial charge in [-0.2, -0.15) is 4.79 Å². The van der Waals surface area contributed by atoms with Gasteiger partial charge in [-0.1, -0.05) is 81.4 Å². The van der Waals surface area contributed by atoms with E-state index in [9.17, 15) is 10.3 Å². The molecule has 0 N–H and O–H groups in total. The summed E-state index contributed by atoms with van der Waals surface area (Å²) in [6, 6.07) is 19.1. The lowest BCUT2D eigenvalue weighted by molar-refractivity contribution is -0.129. The highest BCUT2D eigenvalue weighted by Crippen LogP contribution is 2.38. The quantitative estimate of drug-likeness (QED) is 0.196. The standard InChI is InChI=1S/C24H31N3O2Si/c1-18(29-30(6,7)24(2,3)4)21(26-25)23(28)27(5)22(19-14-10-8-11-15-19)20-16-12-9-13-17-20/h8-17,22H,1H2,2-7H3. The van der Waals surface area contributed by atoms with Crippen molar-refractivity contribution >= 4 is 19.9 Å². The van der Waals surface area contributed by atoms with E-state index in [1.54, 1.807) is 11.9 Å². The predicted molar refractivity (Wildman–Crippen MR) is 124 cm³/mol. The molecule has 0 unspecified atom stereocenters. The summed E-state index contributed by atoms with van der Waals surface area (Å²) in [5.74, 6) is -0.361. The van der Waals surface area contributed by atoms with Crippen molar-refractivity contribution in [3.8, 4) is 0 Å². The SMILES string of the molecule is C=C(O[Si](C)(C)C(C)(C)C)C(=[N+]=[N-])C(=O)N(C)C(c1ccccc1)c1ccccc1. The molecule has 0 saturated carbocycles. The summed E-state index contributed by atoms with van der Waals surface area (Å²) < 4.78 is 6.12. The van der Waals surface area contributed by atoms with Crippen molar-refractivity contribution < 1.29 is 14.0 Å². The van der Waals surface area contributed by atoms with Gasteiger partial charge < -0.3 is 14.9 Å². The maximum atomic E-state index is 13.3. The van der Waals surface area contributed by atoms with Crippen molar-refractivity contribution in [1.29, 1.82) is 0 Å². The van der Waals surface area contributed by atoms with Gasteiger partial charge in [-0.25, -0.2) is 0 Å². The van der Waals surface area contributed by atoms with Crippen LogP contribution in [0.4, 0.5) is 0 Å². The molecule has 0 saturated heterocycles. The van der Waals surface area contributed by atoms with Gasteiger partial charge in [-0.15, -0.1) is 0 Å². The number of nitrogens with zero attached hydrogens (tertiary/aromatic N) is 3. The van der Waals surface area contributed by atoms with Crippen LogP contribution in [0, 0.1) is 0 Å². The number of rotatable bonds is 7. The van der Waals surface area contributed by atoms with Crippen molar-refractivity contribution in [3.63, 3.8) is 0 Å². The Kier molecular flexibility index (Phi) is 7.19. The number of carbonyl (C=O) groups is 1. The van der Waals surface area contributed by atoms with E-state index in [2.05, 4.69) is 45.2 Å². The molecule has 2 aromatic carbocycles. The first kappa shape index (κ1) is 23.3. The average Bonchev–Trinajstić information content (AvgIpc) is 2.69. The van der Waals surface area contributed by atoms with E-state index < -0.39 is 14.2 Å². The second-order valence-corrected chi connectivity index (χ2v) is 13.6. The zero-order valence-electron chi connectivity index (χ0n) is 18.7. The second kappa shape index (κ2) is 9.24. The van der Waals surface area contributed by atoms with Crippen LogP contribution in [0.15, 0.2) is 73.0 Å². The van der Waals surface area contributed by atoms with E-state index >= 15 is 0 Å². The van der Waals surface area contributed by atoms with Gasteiger partial charge in [0, 0.05) is 7.05 Å². The van der Waals surface area contributed by atoms with Crippen molar-refractivity contribution in [2.45, 2.75) is 44.9 Å². The topological polar surface area (TPSA) is 65.9 Å². The summed E-state index contributed by atoms with van der Waals surface area (Å²) in [6.45, 7) is 14.3. The van der Waals surface area contributed by atoms with Crippen molar-refractivity contribution in [2.24, 2.45) is 0 Å². The molecule has 0 spiro atoms. The molecule has 0 aliphatic carbocycles. The molecule has 1 amide bonds.